The summed E-state index contributed by atoms with van der Waals surface area (Å²) in [6.45, 7) is 3.50. The van der Waals surface area contributed by atoms with E-state index in [1.54, 1.807) is 0 Å². The van der Waals surface area contributed by atoms with Crippen LogP contribution in [-0.4, -0.2) is 29.7 Å². The molecule has 0 N–H and O–H groups in total. The van der Waals surface area contributed by atoms with Crippen molar-refractivity contribution in [1.29, 1.82) is 0 Å². The monoisotopic (exact) mass is 235 g/mol. The van der Waals surface area contributed by atoms with Crippen LogP contribution in [0.3, 0.4) is 0 Å². The number of carbonyl (C=O) groups excluding carboxylic acids is 1. The van der Waals surface area contributed by atoms with E-state index in [-0.39, 0.29) is 6.09 Å². The van der Waals surface area contributed by atoms with Gasteiger partial charge < -0.3 is 9.64 Å². The lowest BCUT2D eigenvalue weighted by Gasteiger charge is -2.30. The van der Waals surface area contributed by atoms with Gasteiger partial charge in [-0.1, -0.05) is 5.92 Å². The van der Waals surface area contributed by atoms with E-state index in [0.29, 0.717) is 0 Å². The first-order chi connectivity index (χ1) is 8.26. The summed E-state index contributed by atoms with van der Waals surface area (Å²) >= 11 is 0. The minimum atomic E-state index is -0.483. The summed E-state index contributed by atoms with van der Waals surface area (Å²) in [7, 11) is 0. The third-order valence-corrected chi connectivity index (χ3v) is 3.66. The Kier molecular flexibility index (Phi) is 3.93. The molecule has 2 fully saturated rings. The van der Waals surface area contributed by atoms with E-state index in [1.807, 2.05) is 11.8 Å². The van der Waals surface area contributed by atoms with Crippen molar-refractivity contribution in [3.05, 3.63) is 0 Å². The highest BCUT2D eigenvalue weighted by atomic mass is 16.6. The molecule has 0 aromatic heterocycles. The van der Waals surface area contributed by atoms with Gasteiger partial charge in [-0.2, -0.15) is 0 Å². The Bertz CT molecular complexity index is 328. The molecule has 3 nitrogen and oxygen atoms in total. The number of rotatable bonds is 1. The highest BCUT2D eigenvalue weighted by molar-refractivity contribution is 5.68. The minimum Gasteiger partial charge on any atom is -0.430 e. The quantitative estimate of drug-likeness (QED) is 0.654. The molecule has 0 atom stereocenters. The second-order valence-corrected chi connectivity index (χ2v) is 4.99. The molecular weight excluding hydrogens is 214 g/mol. The Morgan fingerprint density at radius 1 is 1.12 bits per heavy atom. The molecule has 0 spiro atoms. The van der Waals surface area contributed by atoms with Crippen molar-refractivity contribution in [2.45, 2.75) is 57.5 Å². The zero-order valence-electron chi connectivity index (χ0n) is 10.6. The Morgan fingerprint density at radius 2 is 1.76 bits per heavy atom. The van der Waals surface area contributed by atoms with Crippen LogP contribution in [0.5, 0.6) is 0 Å². The van der Waals surface area contributed by atoms with Crippen molar-refractivity contribution >= 4 is 6.09 Å². The fourth-order valence-corrected chi connectivity index (χ4v) is 2.73. The van der Waals surface area contributed by atoms with Crippen molar-refractivity contribution in [3.8, 4) is 11.8 Å². The second kappa shape index (κ2) is 5.44. The van der Waals surface area contributed by atoms with Gasteiger partial charge in [-0.25, -0.2) is 4.79 Å². The summed E-state index contributed by atoms with van der Waals surface area (Å²) in [4.78, 5) is 13.9. The van der Waals surface area contributed by atoms with Gasteiger partial charge in [-0.15, -0.1) is 5.92 Å². The van der Waals surface area contributed by atoms with Crippen molar-refractivity contribution in [3.63, 3.8) is 0 Å². The summed E-state index contributed by atoms with van der Waals surface area (Å²) in [6.07, 6.45) is 7.28. The van der Waals surface area contributed by atoms with Crippen LogP contribution in [0.25, 0.3) is 0 Å². The molecule has 0 radical (unpaired) electrons. The number of amides is 1. The number of hydrogen-bond donors (Lipinski definition) is 0. The summed E-state index contributed by atoms with van der Waals surface area (Å²) < 4.78 is 5.69. The van der Waals surface area contributed by atoms with Gasteiger partial charge in [0.1, 0.15) is 0 Å². The topological polar surface area (TPSA) is 29.5 Å². The third kappa shape index (κ3) is 2.94. The van der Waals surface area contributed by atoms with Crippen molar-refractivity contribution in [2.75, 3.05) is 13.1 Å². The van der Waals surface area contributed by atoms with Crippen LogP contribution in [-0.2, 0) is 4.74 Å². The number of carbonyl (C=O) groups is 1. The standard InChI is InChI=1S/C14H21NO2/c1-2-8-14(9-4-5-10-14)17-13(16)15-11-6-3-7-12-15/h3-7,9-12H2,1H3. The molecule has 1 heterocycles. The van der Waals surface area contributed by atoms with Crippen LogP contribution >= 0.6 is 0 Å². The van der Waals surface area contributed by atoms with Gasteiger partial charge in [0, 0.05) is 13.1 Å². The molecule has 0 aromatic carbocycles. The van der Waals surface area contributed by atoms with Gasteiger partial charge in [0.2, 0.25) is 0 Å². The van der Waals surface area contributed by atoms with Crippen LogP contribution < -0.4 is 0 Å². The molecule has 1 aliphatic carbocycles. The molecule has 94 valence electrons. The number of nitrogens with zero attached hydrogens (tertiary/aromatic N) is 1. The largest absolute Gasteiger partial charge is 0.430 e. The summed E-state index contributed by atoms with van der Waals surface area (Å²) in [6, 6.07) is 0. The van der Waals surface area contributed by atoms with Gasteiger partial charge in [-0.3, -0.25) is 0 Å². The first-order valence-corrected chi connectivity index (χ1v) is 6.68. The SMILES string of the molecule is CC#CC1(OC(=O)N2CCCCC2)CCCC1. The van der Waals surface area contributed by atoms with E-state index in [9.17, 15) is 4.79 Å². The minimum absolute atomic E-state index is 0.158. The third-order valence-electron chi connectivity index (χ3n) is 3.66. The lowest BCUT2D eigenvalue weighted by atomic mass is 10.0. The highest BCUT2D eigenvalue weighted by Crippen LogP contribution is 2.33. The predicted octanol–water partition coefficient (Wildman–Crippen LogP) is 2.95. The smallest absolute Gasteiger partial charge is 0.411 e. The van der Waals surface area contributed by atoms with Crippen LogP contribution in [0.15, 0.2) is 0 Å². The molecule has 17 heavy (non-hydrogen) atoms. The zero-order chi connectivity index (χ0) is 12.1. The molecule has 3 heteroatoms. The second-order valence-electron chi connectivity index (χ2n) is 4.99. The number of likely N-dealkylation sites (tertiary alicyclic amines) is 1. The lowest BCUT2D eigenvalue weighted by molar-refractivity contribution is 0.0264. The zero-order valence-corrected chi connectivity index (χ0v) is 10.6. The maximum atomic E-state index is 12.1. The van der Waals surface area contributed by atoms with Gasteiger partial charge in [0.25, 0.3) is 0 Å². The van der Waals surface area contributed by atoms with Crippen LogP contribution in [0.2, 0.25) is 0 Å². The van der Waals surface area contributed by atoms with E-state index in [2.05, 4.69) is 11.8 Å². The Labute approximate surface area is 104 Å². The molecule has 0 aromatic rings. The van der Waals surface area contributed by atoms with E-state index < -0.39 is 5.60 Å². The maximum absolute atomic E-state index is 12.1. The number of ether oxygens (including phenoxy) is 1. The molecule has 1 aliphatic heterocycles. The van der Waals surface area contributed by atoms with E-state index in [0.717, 1.165) is 51.6 Å². The van der Waals surface area contributed by atoms with E-state index in [1.165, 1.54) is 6.42 Å². The average molecular weight is 235 g/mol. The van der Waals surface area contributed by atoms with Crippen molar-refractivity contribution < 1.29 is 9.53 Å². The lowest BCUT2D eigenvalue weighted by Crippen LogP contribution is -2.41. The highest BCUT2D eigenvalue weighted by Gasteiger charge is 2.37. The van der Waals surface area contributed by atoms with Gasteiger partial charge in [0.05, 0.1) is 0 Å². The Hall–Kier alpha value is -1.17. The first kappa shape index (κ1) is 12.3. The maximum Gasteiger partial charge on any atom is 0.411 e. The molecule has 1 saturated carbocycles. The fraction of sp³-hybridized carbons (Fsp3) is 0.786. The number of hydrogen-bond acceptors (Lipinski definition) is 2. The van der Waals surface area contributed by atoms with E-state index in [4.69, 9.17) is 4.74 Å². The van der Waals surface area contributed by atoms with Gasteiger partial charge in [0.15, 0.2) is 5.60 Å². The summed E-state index contributed by atoms with van der Waals surface area (Å²) in [5, 5.41) is 0. The van der Waals surface area contributed by atoms with Crippen LogP contribution in [0, 0.1) is 11.8 Å². The van der Waals surface area contributed by atoms with Crippen LogP contribution in [0.1, 0.15) is 51.9 Å². The molecule has 0 bridgehead atoms. The molecule has 2 rings (SSSR count). The normalized spacial score (nSPS) is 22.8. The van der Waals surface area contributed by atoms with E-state index >= 15 is 0 Å². The average Bonchev–Trinajstić information content (AvgIpc) is 2.79. The predicted molar refractivity (Wildman–Crippen MR) is 66.6 cm³/mol. The van der Waals surface area contributed by atoms with Gasteiger partial charge >= 0.3 is 6.09 Å². The van der Waals surface area contributed by atoms with Crippen molar-refractivity contribution in [1.82, 2.24) is 4.90 Å². The molecule has 2 aliphatic rings. The molecule has 1 amide bonds. The molecule has 1 saturated heterocycles. The number of piperidine rings is 1. The Balaban J connectivity index is 1.97. The molecular formula is C14H21NO2. The fourth-order valence-electron chi connectivity index (χ4n) is 2.73. The first-order valence-electron chi connectivity index (χ1n) is 6.68. The van der Waals surface area contributed by atoms with Gasteiger partial charge in [-0.05, 0) is 51.9 Å². The Morgan fingerprint density at radius 3 is 2.35 bits per heavy atom. The summed E-state index contributed by atoms with van der Waals surface area (Å²) in [5.74, 6) is 6.02. The molecule has 0 unspecified atom stereocenters. The summed E-state index contributed by atoms with van der Waals surface area (Å²) in [5.41, 5.74) is -0.483. The van der Waals surface area contributed by atoms with Crippen LogP contribution in [0.4, 0.5) is 4.79 Å². The van der Waals surface area contributed by atoms with Crippen molar-refractivity contribution in [2.24, 2.45) is 0 Å².